The van der Waals surface area contributed by atoms with Crippen LogP contribution in [0.2, 0.25) is 0 Å². The summed E-state index contributed by atoms with van der Waals surface area (Å²) in [6, 6.07) is 40.0. The number of fused-ring (bicyclic) bond motifs is 2. The summed E-state index contributed by atoms with van der Waals surface area (Å²) < 4.78 is 118. The van der Waals surface area contributed by atoms with E-state index in [4.69, 9.17) is 82.3 Å². The van der Waals surface area contributed by atoms with Crippen LogP contribution >= 0.6 is 46.4 Å². The number of benzene rings is 6. The Kier molecular flexibility index (Phi) is 31.0. The van der Waals surface area contributed by atoms with Crippen molar-refractivity contribution in [3.05, 3.63) is 188 Å². The van der Waals surface area contributed by atoms with Crippen molar-refractivity contribution in [2.24, 2.45) is 0 Å². The average molecular weight is 1440 g/mol. The molecule has 2 heterocycles. The predicted octanol–water partition coefficient (Wildman–Crippen LogP) is 12.1. The summed E-state index contributed by atoms with van der Waals surface area (Å²) >= 11 is 19.1. The number of hydrogen-bond acceptors (Lipinski definition) is 8. The average Bonchev–Trinajstić information content (AvgIpc) is 3.31. The van der Waals surface area contributed by atoms with Gasteiger partial charge < -0.3 is 9.11 Å². The van der Waals surface area contributed by atoms with E-state index in [9.17, 15) is 26.3 Å². The number of aromatic nitrogens is 2. The Balaban J connectivity index is 0.000000593. The fourth-order valence-electron chi connectivity index (χ4n) is 10.2. The molecule has 0 aliphatic heterocycles. The fourth-order valence-corrected chi connectivity index (χ4v) is 10.2. The molecule has 8 rings (SSSR count). The van der Waals surface area contributed by atoms with Gasteiger partial charge in [-0.15, -0.1) is 46.4 Å². The Bertz CT molecular complexity index is 3230. The van der Waals surface area contributed by atoms with Crippen LogP contribution in [-0.2, 0) is 65.0 Å². The van der Waals surface area contributed by atoms with E-state index in [1.807, 2.05) is 24.5 Å². The monoisotopic (exact) mass is 1430 g/mol. The van der Waals surface area contributed by atoms with E-state index in [0.29, 0.717) is 0 Å². The maximum Gasteiger partial charge on any atom is 1.00 e. The van der Waals surface area contributed by atoms with Gasteiger partial charge in [-0.2, -0.15) is 26.3 Å². The van der Waals surface area contributed by atoms with Gasteiger partial charge in [0.25, 0.3) is 0 Å². The summed E-state index contributed by atoms with van der Waals surface area (Å²) in [6.07, 6.45) is 3.82. The molecule has 8 aromatic rings. The van der Waals surface area contributed by atoms with E-state index in [1.54, 1.807) is 0 Å². The Morgan fingerprint density at radius 2 is 0.585 bits per heavy atom. The molecule has 2 aromatic heterocycles. The second-order valence-electron chi connectivity index (χ2n) is 19.0. The maximum absolute atomic E-state index is 10.7. The van der Waals surface area contributed by atoms with Crippen LogP contribution in [0.25, 0.3) is 21.8 Å². The first-order valence-electron chi connectivity index (χ1n) is 24.3. The molecule has 0 unspecified atom stereocenters. The van der Waals surface area contributed by atoms with E-state index >= 15 is 0 Å². The van der Waals surface area contributed by atoms with Crippen molar-refractivity contribution < 1.29 is 97.0 Å². The summed E-state index contributed by atoms with van der Waals surface area (Å²) in [5, 5.41) is 2.78. The Labute approximate surface area is 530 Å². The van der Waals surface area contributed by atoms with Crippen LogP contribution in [0.15, 0.2) is 122 Å². The third kappa shape index (κ3) is 20.8. The van der Waals surface area contributed by atoms with Gasteiger partial charge in [0, 0.05) is 12.4 Å². The Hall–Kier alpha value is -3.69. The van der Waals surface area contributed by atoms with E-state index in [1.165, 1.54) is 110 Å². The summed E-state index contributed by atoms with van der Waals surface area (Å²) in [7, 11) is -12.2. The van der Waals surface area contributed by atoms with Crippen molar-refractivity contribution in [2.75, 3.05) is 10.7 Å². The zero-order chi connectivity index (χ0) is 60.8. The maximum atomic E-state index is 10.7. The smallest absolute Gasteiger partial charge is 0.741 e. The van der Waals surface area contributed by atoms with Gasteiger partial charge in [0.15, 0.2) is 20.2 Å². The number of halogens is 10. The zero-order valence-corrected chi connectivity index (χ0v) is 54.3. The first-order valence-corrected chi connectivity index (χ1v) is 29.3. The van der Waals surface area contributed by atoms with Gasteiger partial charge in [-0.1, -0.05) is 186 Å². The molecule has 0 amide bonds. The number of rotatable bonds is 6. The van der Waals surface area contributed by atoms with Gasteiger partial charge >= 0.3 is 55.8 Å². The SMILES string of the molecule is Cc1cc(C)c(B(c2c(C)cc(C)cc2C)c2cccc3cccnc23)c(C)c1.Cc1cc(C)c(B(c2c(C)cc(C)cc2C)c2cccc3cccnc23)c(C)c1.ClCCl.ClCCl.O=S(=O)([O-])C(F)(F)F.O=S(=O)([O-])C(F)(F)F.[Ag+].[Ag+]. The van der Waals surface area contributed by atoms with Crippen molar-refractivity contribution in [1.29, 1.82) is 0 Å². The third-order valence-corrected chi connectivity index (χ3v) is 13.8. The quantitative estimate of drug-likeness (QED) is 0.0527. The van der Waals surface area contributed by atoms with Crippen molar-refractivity contribution in [3.63, 3.8) is 0 Å². The van der Waals surface area contributed by atoms with Crippen LogP contribution in [-0.4, -0.2) is 71.0 Å². The molecule has 448 valence electrons. The molecule has 0 saturated heterocycles. The van der Waals surface area contributed by atoms with E-state index in [2.05, 4.69) is 180 Å². The number of para-hydroxylation sites is 2. The van der Waals surface area contributed by atoms with Crippen LogP contribution < -0.4 is 32.8 Å². The minimum absolute atomic E-state index is 0. The van der Waals surface area contributed by atoms with Crippen LogP contribution in [0.3, 0.4) is 0 Å². The summed E-state index contributed by atoms with van der Waals surface area (Å²) in [6.45, 7) is 27.0. The molecule has 82 heavy (non-hydrogen) atoms. The van der Waals surface area contributed by atoms with Gasteiger partial charge in [0.05, 0.1) is 21.7 Å². The molecule has 0 atom stereocenters. The Morgan fingerprint density at radius 1 is 0.402 bits per heavy atom. The fraction of sp³-hybridized carbons (Fsp3) is 0.276. The standard InChI is InChI=1S/2C27H28BN.2CH2Cl2.2CHF3O3S.2Ag/c2*1-17-13-19(3)25(20(4)14-17)28(26-21(5)15-18(2)16-22(26)6)24-11-7-9-23-10-8-12-29-27(23)24;2*2-1-3;2*2-1(3,4)8(5,6)7;;/h2*7-16H,1-6H3;2*1H2;2*(H,5,6,7);;/q;;;;;;2*+1/p-2. The number of aryl methyl sites for hydroxylation is 12. The van der Waals surface area contributed by atoms with E-state index < -0.39 is 31.3 Å². The second-order valence-corrected chi connectivity index (χ2v) is 23.3. The number of hydrogen-bond donors (Lipinski definition) is 0. The van der Waals surface area contributed by atoms with Crippen LogP contribution in [0.1, 0.15) is 66.8 Å². The van der Waals surface area contributed by atoms with Gasteiger partial charge in [-0.25, -0.2) is 16.8 Å². The molecular weight excluding hydrogens is 1380 g/mol. The minimum Gasteiger partial charge on any atom is -0.741 e. The van der Waals surface area contributed by atoms with Crippen molar-refractivity contribution in [3.8, 4) is 0 Å². The van der Waals surface area contributed by atoms with Crippen molar-refractivity contribution in [2.45, 2.75) is 94.1 Å². The van der Waals surface area contributed by atoms with Gasteiger partial charge in [-0.05, 0) is 117 Å². The normalized spacial score (nSPS) is 11.0. The Morgan fingerprint density at radius 3 is 0.768 bits per heavy atom. The van der Waals surface area contributed by atoms with Crippen molar-refractivity contribution >= 4 is 135 Å². The summed E-state index contributed by atoms with van der Waals surface area (Å²) in [4.78, 5) is 9.61. The van der Waals surface area contributed by atoms with E-state index in [-0.39, 0.29) is 68.9 Å². The topological polar surface area (TPSA) is 140 Å². The molecule has 0 aliphatic rings. The first-order chi connectivity index (χ1) is 37.1. The molecular formula is C58H60Ag2B2Cl4F6N2O6S2. The van der Waals surface area contributed by atoms with Crippen molar-refractivity contribution in [1.82, 2.24) is 9.97 Å². The van der Waals surface area contributed by atoms with Crippen LogP contribution in [0.4, 0.5) is 26.3 Å². The van der Waals surface area contributed by atoms with Crippen LogP contribution in [0, 0.1) is 83.1 Å². The molecule has 24 heteroatoms. The molecule has 0 radical (unpaired) electrons. The van der Waals surface area contributed by atoms with Gasteiger partial charge in [-0.3, -0.25) is 9.97 Å². The largest absolute Gasteiger partial charge is 1.00 e. The first kappa shape index (κ1) is 76.3. The molecule has 0 saturated carbocycles. The molecule has 0 spiro atoms. The minimum atomic E-state index is -6.09. The number of nitrogens with zero attached hydrogens (tertiary/aromatic N) is 2. The van der Waals surface area contributed by atoms with E-state index in [0.717, 1.165) is 11.0 Å². The summed E-state index contributed by atoms with van der Waals surface area (Å²) in [5.74, 6) is 0. The number of pyridine rings is 2. The predicted molar refractivity (Wildman–Crippen MR) is 320 cm³/mol. The molecule has 8 nitrogen and oxygen atoms in total. The molecule has 0 N–H and O–H groups in total. The van der Waals surface area contributed by atoms with Gasteiger partial charge in [0.2, 0.25) is 13.4 Å². The summed E-state index contributed by atoms with van der Waals surface area (Å²) in [5.41, 5.74) is 15.1. The molecule has 0 bridgehead atoms. The van der Waals surface area contributed by atoms with Gasteiger partial charge in [0.1, 0.15) is 0 Å². The second kappa shape index (κ2) is 33.3. The molecule has 6 aromatic carbocycles. The van der Waals surface area contributed by atoms with Crippen LogP contribution in [0.5, 0.6) is 0 Å². The number of alkyl halides is 10. The zero-order valence-electron chi connectivity index (χ0n) is 46.7. The molecule has 0 fully saturated rings. The third-order valence-electron chi connectivity index (χ3n) is 12.6. The molecule has 0 aliphatic carbocycles.